The number of amides is 1. The van der Waals surface area contributed by atoms with Gasteiger partial charge in [0.05, 0.1) is 33.8 Å². The number of halogens is 3. The molecule has 0 saturated heterocycles. The van der Waals surface area contributed by atoms with E-state index in [4.69, 9.17) is 44.3 Å². The molecule has 0 bridgehead atoms. The lowest BCUT2D eigenvalue weighted by atomic mass is 10.2. The highest BCUT2D eigenvalue weighted by Gasteiger charge is 2.12. The molecule has 4 rings (SSSR count). The smallest absolute Gasteiger partial charge is 0.262 e. The third-order valence-electron chi connectivity index (χ3n) is 4.88. The Kier molecular flexibility index (Phi) is 7.60. The molecule has 0 unspecified atom stereocenters. The Labute approximate surface area is 215 Å². The number of carbonyl (C=O) groups is 1. The zero-order valence-electron chi connectivity index (χ0n) is 18.3. The van der Waals surface area contributed by atoms with Gasteiger partial charge in [0.1, 0.15) is 0 Å². The second kappa shape index (κ2) is 10.8. The summed E-state index contributed by atoms with van der Waals surface area (Å²) in [5.41, 5.74) is 1.25. The number of H-pyrrole nitrogens is 1. The van der Waals surface area contributed by atoms with Crippen molar-refractivity contribution in [2.24, 2.45) is 0 Å². The van der Waals surface area contributed by atoms with Crippen LogP contribution < -0.4 is 20.3 Å². The van der Waals surface area contributed by atoms with E-state index in [2.05, 4.69) is 15.3 Å². The highest BCUT2D eigenvalue weighted by molar-refractivity contribution is 6.50. The van der Waals surface area contributed by atoms with Gasteiger partial charge < -0.3 is 19.8 Å². The van der Waals surface area contributed by atoms with E-state index in [-0.39, 0.29) is 28.9 Å². The van der Waals surface area contributed by atoms with Gasteiger partial charge >= 0.3 is 0 Å². The van der Waals surface area contributed by atoms with Crippen LogP contribution in [-0.4, -0.2) is 29.6 Å². The molecule has 3 aromatic carbocycles. The van der Waals surface area contributed by atoms with Crippen LogP contribution in [0.15, 0.2) is 65.5 Å². The van der Waals surface area contributed by atoms with Gasteiger partial charge in [-0.2, -0.15) is 0 Å². The van der Waals surface area contributed by atoms with Crippen molar-refractivity contribution in [3.8, 4) is 11.5 Å². The molecule has 1 amide bonds. The molecule has 0 fully saturated rings. The van der Waals surface area contributed by atoms with Gasteiger partial charge in [-0.25, -0.2) is 4.98 Å². The normalized spacial score (nSPS) is 11.4. The molecule has 0 spiro atoms. The van der Waals surface area contributed by atoms with Crippen molar-refractivity contribution >= 4 is 68.4 Å². The minimum atomic E-state index is -0.376. The van der Waals surface area contributed by atoms with Crippen LogP contribution in [-0.2, 0) is 4.79 Å². The SMILES string of the molecule is COc1cc(/C=C(/Cl)c2nc3cc(Cl)ccc3c(=O)[nH]2)ccc1OCC(=O)Nc1ccccc1Cl. The van der Waals surface area contributed by atoms with Gasteiger partial charge in [-0.05, 0) is 54.1 Å². The van der Waals surface area contributed by atoms with Crippen LogP contribution in [0.25, 0.3) is 22.0 Å². The molecule has 0 aliphatic heterocycles. The van der Waals surface area contributed by atoms with E-state index in [1.165, 1.54) is 7.11 Å². The van der Waals surface area contributed by atoms with E-state index < -0.39 is 0 Å². The van der Waals surface area contributed by atoms with E-state index in [9.17, 15) is 9.59 Å². The summed E-state index contributed by atoms with van der Waals surface area (Å²) in [6, 6.07) is 16.8. The van der Waals surface area contributed by atoms with Gasteiger partial charge in [0.15, 0.2) is 23.9 Å². The van der Waals surface area contributed by atoms with Crippen LogP contribution >= 0.6 is 34.8 Å². The lowest BCUT2D eigenvalue weighted by Crippen LogP contribution is -2.20. The molecule has 0 radical (unpaired) electrons. The molecule has 178 valence electrons. The van der Waals surface area contributed by atoms with Crippen LogP contribution in [0.2, 0.25) is 10.0 Å². The van der Waals surface area contributed by atoms with Crippen molar-refractivity contribution < 1.29 is 14.3 Å². The lowest BCUT2D eigenvalue weighted by Gasteiger charge is -2.12. The standard InChI is InChI=1S/C25H18Cl3N3O4/c1-34-22-11-14(6-9-21(22)35-13-23(32)29-19-5-3-2-4-17(19)27)10-18(28)24-30-20-12-15(26)7-8-16(20)25(33)31-24/h2-12H,13H2,1H3,(H,29,32)(H,30,31,33)/b18-10+. The summed E-state index contributed by atoms with van der Waals surface area (Å²) in [7, 11) is 1.48. The zero-order valence-corrected chi connectivity index (χ0v) is 20.5. The largest absolute Gasteiger partial charge is 0.493 e. The average Bonchev–Trinajstić information content (AvgIpc) is 2.84. The predicted molar refractivity (Wildman–Crippen MR) is 140 cm³/mol. The van der Waals surface area contributed by atoms with Gasteiger partial charge in [-0.3, -0.25) is 9.59 Å². The molecule has 10 heteroatoms. The third kappa shape index (κ3) is 5.95. The fraction of sp³-hybridized carbons (Fsp3) is 0.0800. The number of nitrogens with one attached hydrogen (secondary N) is 2. The zero-order chi connectivity index (χ0) is 24.9. The number of aromatic nitrogens is 2. The van der Waals surface area contributed by atoms with Gasteiger partial charge in [0.2, 0.25) is 0 Å². The molecule has 0 saturated carbocycles. The molecular weight excluding hydrogens is 513 g/mol. The van der Waals surface area contributed by atoms with E-state index in [0.717, 1.165) is 0 Å². The molecule has 1 heterocycles. The maximum atomic E-state index is 12.4. The maximum absolute atomic E-state index is 12.4. The Balaban J connectivity index is 1.51. The highest BCUT2D eigenvalue weighted by Crippen LogP contribution is 2.30. The van der Waals surface area contributed by atoms with Gasteiger partial charge in [-0.1, -0.05) is 53.0 Å². The van der Waals surface area contributed by atoms with Crippen molar-refractivity contribution in [3.05, 3.63) is 92.5 Å². The van der Waals surface area contributed by atoms with Crippen molar-refractivity contribution in [2.45, 2.75) is 0 Å². The van der Waals surface area contributed by atoms with Crippen LogP contribution in [0.5, 0.6) is 11.5 Å². The summed E-state index contributed by atoms with van der Waals surface area (Å²) in [5.74, 6) is 0.572. The van der Waals surface area contributed by atoms with Gasteiger partial charge in [0, 0.05) is 5.02 Å². The number of rotatable bonds is 7. The topological polar surface area (TPSA) is 93.3 Å². The number of hydrogen-bond donors (Lipinski definition) is 2. The minimum absolute atomic E-state index is 0.196. The Morgan fingerprint density at radius 2 is 1.89 bits per heavy atom. The van der Waals surface area contributed by atoms with Gasteiger partial charge in [-0.15, -0.1) is 0 Å². The maximum Gasteiger partial charge on any atom is 0.262 e. The molecule has 0 aliphatic rings. The number of fused-ring (bicyclic) bond motifs is 1. The molecule has 0 atom stereocenters. The Hall–Kier alpha value is -3.52. The van der Waals surface area contributed by atoms with E-state index in [0.29, 0.717) is 43.7 Å². The number of carbonyl (C=O) groups excluding carboxylic acids is 1. The first kappa shape index (κ1) is 24.6. The number of methoxy groups -OCH3 is 1. The third-order valence-corrected chi connectivity index (χ3v) is 5.74. The summed E-state index contributed by atoms with van der Waals surface area (Å²) in [6.07, 6.45) is 1.62. The molecule has 1 aromatic heterocycles. The molecule has 0 aliphatic carbocycles. The van der Waals surface area contributed by atoms with E-state index in [1.807, 2.05) is 0 Å². The minimum Gasteiger partial charge on any atom is -0.493 e. The van der Waals surface area contributed by atoms with Crippen molar-refractivity contribution in [1.29, 1.82) is 0 Å². The highest BCUT2D eigenvalue weighted by atomic mass is 35.5. The number of nitrogens with zero attached hydrogens (tertiary/aromatic N) is 1. The fourth-order valence-electron chi connectivity index (χ4n) is 3.23. The number of para-hydroxylation sites is 1. The molecule has 4 aromatic rings. The molecule has 7 nitrogen and oxygen atoms in total. The number of hydrogen-bond acceptors (Lipinski definition) is 5. The summed E-state index contributed by atoms with van der Waals surface area (Å²) < 4.78 is 11.0. The van der Waals surface area contributed by atoms with E-state index >= 15 is 0 Å². The van der Waals surface area contributed by atoms with Crippen LogP contribution in [0, 0.1) is 0 Å². The number of aromatic amines is 1. The van der Waals surface area contributed by atoms with Crippen molar-refractivity contribution in [1.82, 2.24) is 9.97 Å². The Morgan fingerprint density at radius 3 is 2.66 bits per heavy atom. The van der Waals surface area contributed by atoms with E-state index in [1.54, 1.807) is 66.7 Å². The molecule has 35 heavy (non-hydrogen) atoms. The summed E-state index contributed by atoms with van der Waals surface area (Å²) >= 11 is 18.5. The predicted octanol–water partition coefficient (Wildman–Crippen LogP) is 5.99. The van der Waals surface area contributed by atoms with Crippen molar-refractivity contribution in [3.63, 3.8) is 0 Å². The molecular formula is C25H18Cl3N3O4. The second-order valence-electron chi connectivity index (χ2n) is 7.30. The Morgan fingerprint density at radius 1 is 1.09 bits per heavy atom. The van der Waals surface area contributed by atoms with Gasteiger partial charge in [0.25, 0.3) is 11.5 Å². The summed E-state index contributed by atoms with van der Waals surface area (Å²) in [5, 5.41) is 4.19. The van der Waals surface area contributed by atoms with Crippen LogP contribution in [0.4, 0.5) is 5.69 Å². The quantitative estimate of drug-likeness (QED) is 0.306. The Bertz CT molecular complexity index is 1500. The van der Waals surface area contributed by atoms with Crippen LogP contribution in [0.1, 0.15) is 11.4 Å². The fourth-order valence-corrected chi connectivity index (χ4v) is 3.79. The second-order valence-corrected chi connectivity index (χ2v) is 8.55. The first-order valence-corrected chi connectivity index (χ1v) is 11.4. The first-order chi connectivity index (χ1) is 16.8. The number of benzene rings is 3. The number of anilines is 1. The molecule has 2 N–H and O–H groups in total. The summed E-state index contributed by atoms with van der Waals surface area (Å²) in [6.45, 7) is -0.248. The lowest BCUT2D eigenvalue weighted by molar-refractivity contribution is -0.118. The average molecular weight is 531 g/mol. The monoisotopic (exact) mass is 529 g/mol. The first-order valence-electron chi connectivity index (χ1n) is 10.3. The van der Waals surface area contributed by atoms with Crippen molar-refractivity contribution in [2.75, 3.05) is 19.0 Å². The van der Waals surface area contributed by atoms with Crippen LogP contribution in [0.3, 0.4) is 0 Å². The number of ether oxygens (including phenoxy) is 2. The summed E-state index contributed by atoms with van der Waals surface area (Å²) in [4.78, 5) is 31.7.